The Morgan fingerprint density at radius 1 is 1.26 bits per heavy atom. The lowest BCUT2D eigenvalue weighted by Crippen LogP contribution is -2.15. The van der Waals surface area contributed by atoms with Gasteiger partial charge in [0, 0.05) is 18.7 Å². The van der Waals surface area contributed by atoms with Crippen molar-refractivity contribution < 1.29 is 9.47 Å². The van der Waals surface area contributed by atoms with E-state index in [1.165, 1.54) is 0 Å². The van der Waals surface area contributed by atoms with Crippen LogP contribution in [0.25, 0.3) is 11.0 Å². The van der Waals surface area contributed by atoms with E-state index in [1.54, 1.807) is 0 Å². The molecule has 0 unspecified atom stereocenters. The van der Waals surface area contributed by atoms with Crippen LogP contribution in [0, 0.1) is 5.92 Å². The summed E-state index contributed by atoms with van der Waals surface area (Å²) in [6.45, 7) is 6.90. The number of hydrogen-bond donors (Lipinski definition) is 1. The Morgan fingerprint density at radius 2 is 1.95 bits per heavy atom. The van der Waals surface area contributed by atoms with E-state index in [-0.39, 0.29) is 0 Å². The van der Waals surface area contributed by atoms with Gasteiger partial charge in [-0.1, -0.05) is 13.8 Å². The van der Waals surface area contributed by atoms with Crippen molar-refractivity contribution in [2.24, 2.45) is 11.7 Å². The smallest absolute Gasteiger partial charge is 0.163 e. The summed E-state index contributed by atoms with van der Waals surface area (Å²) in [5, 5.41) is 0. The van der Waals surface area contributed by atoms with Crippen LogP contribution in [0.1, 0.15) is 19.7 Å². The molecule has 0 saturated carbocycles. The zero-order chi connectivity index (χ0) is 13.4. The van der Waals surface area contributed by atoms with Crippen LogP contribution in [0.2, 0.25) is 0 Å². The van der Waals surface area contributed by atoms with E-state index >= 15 is 0 Å². The maximum absolute atomic E-state index is 5.80. The van der Waals surface area contributed by atoms with Gasteiger partial charge in [-0.3, -0.25) is 0 Å². The fourth-order valence-electron chi connectivity index (χ4n) is 2.44. The average Bonchev–Trinajstić information content (AvgIpc) is 2.73. The van der Waals surface area contributed by atoms with Gasteiger partial charge in [-0.05, 0) is 5.92 Å². The van der Waals surface area contributed by atoms with Gasteiger partial charge in [0.25, 0.3) is 0 Å². The van der Waals surface area contributed by atoms with E-state index in [0.29, 0.717) is 25.7 Å². The van der Waals surface area contributed by atoms with E-state index in [9.17, 15) is 0 Å². The molecular formula is C14H19N3O2. The van der Waals surface area contributed by atoms with Crippen LogP contribution in [0.15, 0.2) is 12.1 Å². The number of rotatable bonds is 3. The Bertz CT molecular complexity index is 604. The van der Waals surface area contributed by atoms with Gasteiger partial charge < -0.3 is 19.8 Å². The van der Waals surface area contributed by atoms with Crippen LogP contribution in [-0.4, -0.2) is 22.8 Å². The van der Waals surface area contributed by atoms with E-state index in [0.717, 1.165) is 34.9 Å². The molecule has 5 heteroatoms. The Morgan fingerprint density at radius 3 is 2.58 bits per heavy atom. The summed E-state index contributed by atoms with van der Waals surface area (Å²) in [6.07, 6.45) is 0. The van der Waals surface area contributed by atoms with Crippen molar-refractivity contribution in [3.05, 3.63) is 18.0 Å². The number of benzene rings is 1. The number of fused-ring (bicyclic) bond motifs is 2. The van der Waals surface area contributed by atoms with Crippen molar-refractivity contribution in [3.63, 3.8) is 0 Å². The predicted molar refractivity (Wildman–Crippen MR) is 73.5 cm³/mol. The third kappa shape index (κ3) is 2.14. The number of ether oxygens (including phenoxy) is 2. The normalized spacial score (nSPS) is 14.3. The molecule has 0 saturated heterocycles. The highest BCUT2D eigenvalue weighted by Gasteiger charge is 2.17. The van der Waals surface area contributed by atoms with E-state index in [2.05, 4.69) is 23.4 Å². The van der Waals surface area contributed by atoms with E-state index in [4.69, 9.17) is 15.2 Å². The number of nitrogens with two attached hydrogens (primary N) is 1. The Balaban J connectivity index is 2.16. The molecule has 102 valence electrons. The maximum Gasteiger partial charge on any atom is 0.163 e. The zero-order valence-corrected chi connectivity index (χ0v) is 11.3. The first kappa shape index (κ1) is 12.3. The van der Waals surface area contributed by atoms with Crippen LogP contribution in [-0.2, 0) is 13.1 Å². The molecule has 19 heavy (non-hydrogen) atoms. The molecular weight excluding hydrogens is 242 g/mol. The molecule has 0 radical (unpaired) electrons. The standard InChI is InChI=1S/C14H19N3O2/c1-9(2)8-17-11-6-13-12(18-3-4-19-13)5-10(11)16-14(17)7-15/h5-6,9H,3-4,7-8,15H2,1-2H3. The van der Waals surface area contributed by atoms with Gasteiger partial charge in [0.05, 0.1) is 17.6 Å². The second kappa shape index (κ2) is 4.74. The second-order valence-electron chi connectivity index (χ2n) is 5.22. The molecule has 1 aromatic heterocycles. The molecule has 2 aromatic rings. The van der Waals surface area contributed by atoms with Gasteiger partial charge in [-0.2, -0.15) is 0 Å². The Kier molecular flexibility index (Phi) is 3.06. The first-order valence-electron chi connectivity index (χ1n) is 6.68. The topological polar surface area (TPSA) is 62.3 Å². The molecule has 1 aliphatic heterocycles. The molecule has 0 fully saturated rings. The molecule has 0 aliphatic carbocycles. The van der Waals surface area contributed by atoms with Crippen LogP contribution >= 0.6 is 0 Å². The van der Waals surface area contributed by atoms with Gasteiger partial charge in [-0.25, -0.2) is 4.98 Å². The highest BCUT2D eigenvalue weighted by atomic mass is 16.6. The minimum atomic E-state index is 0.438. The maximum atomic E-state index is 5.80. The molecule has 0 atom stereocenters. The largest absolute Gasteiger partial charge is 0.486 e. The van der Waals surface area contributed by atoms with Crippen molar-refractivity contribution in [1.82, 2.24) is 9.55 Å². The monoisotopic (exact) mass is 261 g/mol. The Hall–Kier alpha value is -1.75. The molecule has 3 rings (SSSR count). The van der Waals surface area contributed by atoms with Gasteiger partial charge in [-0.15, -0.1) is 0 Å². The van der Waals surface area contributed by atoms with Crippen molar-refractivity contribution in [3.8, 4) is 11.5 Å². The number of imidazole rings is 1. The SMILES string of the molecule is CC(C)Cn1c(CN)nc2cc3c(cc21)OCCO3. The van der Waals surface area contributed by atoms with Crippen LogP contribution in [0.5, 0.6) is 11.5 Å². The Labute approximate surface area is 112 Å². The first-order chi connectivity index (χ1) is 9.19. The summed E-state index contributed by atoms with van der Waals surface area (Å²) in [5.74, 6) is 3.02. The molecule has 1 aromatic carbocycles. The molecule has 5 nitrogen and oxygen atoms in total. The fraction of sp³-hybridized carbons (Fsp3) is 0.500. The molecule has 0 spiro atoms. The second-order valence-corrected chi connectivity index (χ2v) is 5.22. The summed E-state index contributed by atoms with van der Waals surface area (Å²) in [6, 6.07) is 3.96. The minimum Gasteiger partial charge on any atom is -0.486 e. The summed E-state index contributed by atoms with van der Waals surface area (Å²) in [5.41, 5.74) is 7.79. The first-order valence-corrected chi connectivity index (χ1v) is 6.68. The van der Waals surface area contributed by atoms with E-state index in [1.807, 2.05) is 12.1 Å². The molecule has 0 bridgehead atoms. The quantitative estimate of drug-likeness (QED) is 0.917. The average molecular weight is 261 g/mol. The van der Waals surface area contributed by atoms with Gasteiger partial charge in [0.15, 0.2) is 11.5 Å². The summed E-state index contributed by atoms with van der Waals surface area (Å²) >= 11 is 0. The molecule has 1 aliphatic rings. The number of nitrogens with zero attached hydrogens (tertiary/aromatic N) is 2. The van der Waals surface area contributed by atoms with Crippen LogP contribution < -0.4 is 15.2 Å². The summed E-state index contributed by atoms with van der Waals surface area (Å²) < 4.78 is 13.4. The molecule has 2 heterocycles. The summed E-state index contributed by atoms with van der Waals surface area (Å²) in [4.78, 5) is 4.59. The van der Waals surface area contributed by atoms with Crippen molar-refractivity contribution >= 4 is 11.0 Å². The van der Waals surface area contributed by atoms with Gasteiger partial charge >= 0.3 is 0 Å². The fourth-order valence-corrected chi connectivity index (χ4v) is 2.44. The van der Waals surface area contributed by atoms with Crippen molar-refractivity contribution in [1.29, 1.82) is 0 Å². The zero-order valence-electron chi connectivity index (χ0n) is 11.3. The third-order valence-corrected chi connectivity index (χ3v) is 3.22. The third-order valence-electron chi connectivity index (χ3n) is 3.22. The van der Waals surface area contributed by atoms with Gasteiger partial charge in [0.2, 0.25) is 0 Å². The summed E-state index contributed by atoms with van der Waals surface area (Å²) in [7, 11) is 0. The minimum absolute atomic E-state index is 0.438. The van der Waals surface area contributed by atoms with Crippen LogP contribution in [0.4, 0.5) is 0 Å². The highest BCUT2D eigenvalue weighted by molar-refractivity contribution is 5.80. The van der Waals surface area contributed by atoms with Crippen molar-refractivity contribution in [2.75, 3.05) is 13.2 Å². The number of hydrogen-bond acceptors (Lipinski definition) is 4. The lowest BCUT2D eigenvalue weighted by Gasteiger charge is -2.18. The predicted octanol–water partition coefficient (Wildman–Crippen LogP) is 1.92. The van der Waals surface area contributed by atoms with Gasteiger partial charge in [0.1, 0.15) is 19.0 Å². The lowest BCUT2D eigenvalue weighted by atomic mass is 10.2. The van der Waals surface area contributed by atoms with Crippen LogP contribution in [0.3, 0.4) is 0 Å². The number of aromatic nitrogens is 2. The highest BCUT2D eigenvalue weighted by Crippen LogP contribution is 2.34. The van der Waals surface area contributed by atoms with Crippen molar-refractivity contribution in [2.45, 2.75) is 26.9 Å². The lowest BCUT2D eigenvalue weighted by molar-refractivity contribution is 0.172. The molecule has 2 N–H and O–H groups in total. The molecule has 0 amide bonds. The van der Waals surface area contributed by atoms with E-state index < -0.39 is 0 Å².